The quantitative estimate of drug-likeness (QED) is 0.706. The van der Waals surface area contributed by atoms with Gasteiger partial charge in [0.05, 0.1) is 13.2 Å². The van der Waals surface area contributed by atoms with Gasteiger partial charge in [-0.2, -0.15) is 0 Å². The van der Waals surface area contributed by atoms with Crippen LogP contribution in [0.2, 0.25) is 0 Å². The average Bonchev–Trinajstić information content (AvgIpc) is 2.76. The molecule has 90 valence electrons. The van der Waals surface area contributed by atoms with E-state index in [0.29, 0.717) is 24.6 Å². The Morgan fingerprint density at radius 2 is 1.65 bits per heavy atom. The molecule has 2 fully saturated rings. The maximum atomic E-state index is 9.01. The summed E-state index contributed by atoms with van der Waals surface area (Å²) >= 11 is 0. The number of benzene rings is 1. The van der Waals surface area contributed by atoms with Crippen LogP contribution in [0.3, 0.4) is 0 Å². The average molecular weight is 234 g/mol. The number of rotatable bonds is 2. The van der Waals surface area contributed by atoms with Crippen LogP contribution in [0.25, 0.3) is 0 Å². The zero-order chi connectivity index (χ0) is 11.9. The second-order valence-corrected chi connectivity index (χ2v) is 4.75. The molecule has 1 saturated heterocycles. The van der Waals surface area contributed by atoms with Gasteiger partial charge in [0.2, 0.25) is 0 Å². The van der Waals surface area contributed by atoms with E-state index in [2.05, 4.69) is 0 Å². The van der Waals surface area contributed by atoms with E-state index in [1.165, 1.54) is 5.56 Å². The molecule has 0 atom stereocenters. The summed E-state index contributed by atoms with van der Waals surface area (Å²) in [6.45, 7) is 1.39. The van der Waals surface area contributed by atoms with Crippen molar-refractivity contribution >= 4 is 12.6 Å². The smallest absolute Gasteiger partial charge is 0.423 e. The van der Waals surface area contributed by atoms with E-state index < -0.39 is 7.12 Å². The minimum atomic E-state index is -1.39. The fourth-order valence-corrected chi connectivity index (χ4v) is 2.60. The highest BCUT2D eigenvalue weighted by Crippen LogP contribution is 2.49. The third-order valence-electron chi connectivity index (χ3n) is 3.63. The van der Waals surface area contributed by atoms with Gasteiger partial charge in [0.15, 0.2) is 5.79 Å². The van der Waals surface area contributed by atoms with E-state index in [1.54, 1.807) is 12.1 Å². The fraction of sp³-hybridized carbons (Fsp3) is 0.500. The molecule has 0 aromatic heterocycles. The summed E-state index contributed by atoms with van der Waals surface area (Å²) in [6.07, 6.45) is 1.79. The van der Waals surface area contributed by atoms with Crippen molar-refractivity contribution in [2.45, 2.75) is 24.5 Å². The van der Waals surface area contributed by atoms with E-state index in [4.69, 9.17) is 19.5 Å². The van der Waals surface area contributed by atoms with Crippen molar-refractivity contribution in [2.75, 3.05) is 13.2 Å². The first-order chi connectivity index (χ1) is 8.19. The Bertz CT molecular complexity index is 389. The van der Waals surface area contributed by atoms with Gasteiger partial charge in [-0.3, -0.25) is 0 Å². The molecule has 1 saturated carbocycles. The molecule has 0 radical (unpaired) electrons. The van der Waals surface area contributed by atoms with Crippen LogP contribution in [0.1, 0.15) is 24.3 Å². The first kappa shape index (κ1) is 11.2. The molecule has 1 aromatic carbocycles. The molecule has 0 unspecified atom stereocenters. The molecular formula is C12H15BO4. The number of hydrogen-bond donors (Lipinski definition) is 2. The number of hydrogen-bond acceptors (Lipinski definition) is 4. The molecule has 1 aliphatic heterocycles. The molecule has 5 heteroatoms. The molecule has 0 amide bonds. The van der Waals surface area contributed by atoms with Gasteiger partial charge in [0.25, 0.3) is 0 Å². The van der Waals surface area contributed by atoms with Crippen LogP contribution < -0.4 is 5.46 Å². The highest BCUT2D eigenvalue weighted by atomic mass is 16.7. The molecule has 3 rings (SSSR count). The molecule has 1 aromatic rings. The second-order valence-electron chi connectivity index (χ2n) is 4.75. The molecule has 1 heterocycles. The van der Waals surface area contributed by atoms with E-state index in [0.717, 1.165) is 12.8 Å². The van der Waals surface area contributed by atoms with Crippen molar-refractivity contribution in [3.05, 3.63) is 29.8 Å². The van der Waals surface area contributed by atoms with Crippen molar-refractivity contribution < 1.29 is 19.5 Å². The highest BCUT2D eigenvalue weighted by molar-refractivity contribution is 6.58. The van der Waals surface area contributed by atoms with E-state index in [1.807, 2.05) is 12.1 Å². The standard InChI is InChI=1S/C12H15BO4/c14-13(15)11-3-1-9(2-4-11)10-7-12(8-10)16-5-6-17-12/h1-4,10,14-15H,5-8H2. The zero-order valence-electron chi connectivity index (χ0n) is 9.50. The maximum absolute atomic E-state index is 9.01. The van der Waals surface area contributed by atoms with Crippen molar-refractivity contribution in [3.8, 4) is 0 Å². The fourth-order valence-electron chi connectivity index (χ4n) is 2.60. The largest absolute Gasteiger partial charge is 0.488 e. The van der Waals surface area contributed by atoms with Crippen LogP contribution in [0.5, 0.6) is 0 Å². The monoisotopic (exact) mass is 234 g/mol. The SMILES string of the molecule is OB(O)c1ccc(C2CC3(C2)OCCO3)cc1. The third kappa shape index (κ3) is 2.00. The summed E-state index contributed by atoms with van der Waals surface area (Å²) in [5, 5.41) is 18.0. The Labute approximate surface area is 100 Å². The van der Waals surface area contributed by atoms with Crippen LogP contribution in [0, 0.1) is 0 Å². The van der Waals surface area contributed by atoms with E-state index in [9.17, 15) is 0 Å². The molecular weight excluding hydrogens is 219 g/mol. The van der Waals surface area contributed by atoms with Gasteiger partial charge in [-0.1, -0.05) is 24.3 Å². The lowest BCUT2D eigenvalue weighted by Crippen LogP contribution is -2.43. The number of ether oxygens (including phenoxy) is 2. The Hall–Kier alpha value is -0.875. The lowest BCUT2D eigenvalue weighted by Gasteiger charge is -2.43. The zero-order valence-corrected chi connectivity index (χ0v) is 9.50. The Balaban J connectivity index is 1.66. The van der Waals surface area contributed by atoms with Gasteiger partial charge >= 0.3 is 7.12 Å². The van der Waals surface area contributed by atoms with Gasteiger partial charge in [-0.15, -0.1) is 0 Å². The van der Waals surface area contributed by atoms with Gasteiger partial charge in [0, 0.05) is 12.8 Å². The molecule has 17 heavy (non-hydrogen) atoms. The second kappa shape index (κ2) is 4.10. The van der Waals surface area contributed by atoms with Crippen LogP contribution >= 0.6 is 0 Å². The molecule has 1 spiro atoms. The first-order valence-corrected chi connectivity index (χ1v) is 5.92. The van der Waals surface area contributed by atoms with Gasteiger partial charge < -0.3 is 19.5 Å². The van der Waals surface area contributed by atoms with Crippen molar-refractivity contribution in [1.82, 2.24) is 0 Å². The van der Waals surface area contributed by atoms with E-state index in [-0.39, 0.29) is 5.79 Å². The minimum Gasteiger partial charge on any atom is -0.423 e. The highest BCUT2D eigenvalue weighted by Gasteiger charge is 2.49. The van der Waals surface area contributed by atoms with Gasteiger partial charge in [-0.05, 0) is 16.9 Å². The van der Waals surface area contributed by atoms with Gasteiger partial charge in [-0.25, -0.2) is 0 Å². The van der Waals surface area contributed by atoms with Gasteiger partial charge in [0.1, 0.15) is 0 Å². The predicted octanol–water partition coefficient (Wildman–Crippen LogP) is -0.0131. The summed E-state index contributed by atoms with van der Waals surface area (Å²) in [4.78, 5) is 0. The molecule has 4 nitrogen and oxygen atoms in total. The molecule has 1 aliphatic carbocycles. The Morgan fingerprint density at radius 3 is 2.18 bits per heavy atom. The Kier molecular flexibility index (Phi) is 2.71. The lowest BCUT2D eigenvalue weighted by molar-refractivity contribution is -0.215. The molecule has 0 bridgehead atoms. The van der Waals surface area contributed by atoms with Crippen LogP contribution in [-0.4, -0.2) is 36.2 Å². The summed E-state index contributed by atoms with van der Waals surface area (Å²) in [6, 6.07) is 7.39. The Morgan fingerprint density at radius 1 is 1.06 bits per heavy atom. The minimum absolute atomic E-state index is 0.320. The van der Waals surface area contributed by atoms with Crippen LogP contribution in [-0.2, 0) is 9.47 Å². The summed E-state index contributed by atoms with van der Waals surface area (Å²) in [7, 11) is -1.39. The van der Waals surface area contributed by atoms with Crippen LogP contribution in [0.4, 0.5) is 0 Å². The lowest BCUT2D eigenvalue weighted by atomic mass is 9.73. The summed E-state index contributed by atoms with van der Waals surface area (Å²) in [5.74, 6) is 0.137. The van der Waals surface area contributed by atoms with E-state index >= 15 is 0 Å². The van der Waals surface area contributed by atoms with Crippen molar-refractivity contribution in [2.24, 2.45) is 0 Å². The molecule has 2 N–H and O–H groups in total. The topological polar surface area (TPSA) is 58.9 Å². The van der Waals surface area contributed by atoms with Crippen molar-refractivity contribution in [1.29, 1.82) is 0 Å². The predicted molar refractivity (Wildman–Crippen MR) is 62.9 cm³/mol. The van der Waals surface area contributed by atoms with Crippen molar-refractivity contribution in [3.63, 3.8) is 0 Å². The van der Waals surface area contributed by atoms with Crippen LogP contribution in [0.15, 0.2) is 24.3 Å². The maximum Gasteiger partial charge on any atom is 0.488 e. The summed E-state index contributed by atoms with van der Waals surface area (Å²) in [5.41, 5.74) is 1.73. The third-order valence-corrected chi connectivity index (χ3v) is 3.63. The molecule has 2 aliphatic rings. The summed E-state index contributed by atoms with van der Waals surface area (Å²) < 4.78 is 11.2. The first-order valence-electron chi connectivity index (χ1n) is 5.92. The normalized spacial score (nSPS) is 22.7.